The molecule has 0 bridgehead atoms. The molecule has 1 aliphatic rings. The average molecular weight is 154 g/mol. The fourth-order valence-corrected chi connectivity index (χ4v) is 2.28. The fraction of sp³-hybridized carbons (Fsp3) is 0.333. The van der Waals surface area contributed by atoms with Crippen LogP contribution in [0.1, 0.15) is 11.3 Å². The van der Waals surface area contributed by atoms with Gasteiger partial charge in [-0.15, -0.1) is 0 Å². The van der Waals surface area contributed by atoms with Crippen LogP contribution in [-0.4, -0.2) is 14.8 Å². The molecule has 0 aliphatic carbocycles. The molecule has 52 valence electrons. The van der Waals surface area contributed by atoms with Crippen LogP contribution in [0.2, 0.25) is 0 Å². The summed E-state index contributed by atoms with van der Waals surface area (Å²) >= 11 is -0.722. The van der Waals surface area contributed by atoms with Gasteiger partial charge in [-0.25, -0.2) is 0 Å². The summed E-state index contributed by atoms with van der Waals surface area (Å²) in [6.45, 7) is 0. The van der Waals surface area contributed by atoms with Crippen molar-refractivity contribution in [3.8, 4) is 0 Å². The Morgan fingerprint density at radius 1 is 1.50 bits per heavy atom. The molecule has 1 aliphatic heterocycles. The average Bonchev–Trinajstić information content (AvgIpc) is 2.27. The summed E-state index contributed by atoms with van der Waals surface area (Å²) in [6.07, 6.45) is 1.64. The second-order valence-electron chi connectivity index (χ2n) is 2.23. The topological polar surface area (TPSA) is 48.8 Å². The fourth-order valence-electron chi connectivity index (χ4n) is 1.02. The van der Waals surface area contributed by atoms with Crippen molar-refractivity contribution in [1.29, 1.82) is 0 Å². The van der Waals surface area contributed by atoms with E-state index in [1.807, 2.05) is 6.07 Å². The summed E-state index contributed by atoms with van der Waals surface area (Å²) in [5.74, 6) is 1.24. The molecule has 2 heterocycles. The third-order valence-corrected chi connectivity index (χ3v) is 2.73. The second-order valence-corrected chi connectivity index (χ2v) is 3.69. The van der Waals surface area contributed by atoms with Gasteiger partial charge in [0, 0.05) is 5.56 Å². The largest absolute Gasteiger partial charge is 0.616 e. The molecule has 10 heavy (non-hydrogen) atoms. The van der Waals surface area contributed by atoms with Crippen LogP contribution >= 0.6 is 0 Å². The molecule has 0 fully saturated rings. The summed E-state index contributed by atoms with van der Waals surface area (Å²) in [4.78, 5) is 0. The standard InChI is InChI=1S/C6H6N2OS/c9-10-3-5-1-2-7-8-6(5)4-10/h1-2H,3-4H2. The first-order valence-electron chi connectivity index (χ1n) is 3.00. The molecule has 0 spiro atoms. The highest BCUT2D eigenvalue weighted by Gasteiger charge is 2.23. The van der Waals surface area contributed by atoms with Crippen molar-refractivity contribution in [1.82, 2.24) is 10.2 Å². The molecule has 0 saturated carbocycles. The lowest BCUT2D eigenvalue weighted by molar-refractivity contribution is 0.596. The normalized spacial score (nSPS) is 22.7. The van der Waals surface area contributed by atoms with Gasteiger partial charge < -0.3 is 4.55 Å². The zero-order valence-corrected chi connectivity index (χ0v) is 6.10. The van der Waals surface area contributed by atoms with E-state index >= 15 is 0 Å². The smallest absolute Gasteiger partial charge is 0.150 e. The van der Waals surface area contributed by atoms with Crippen molar-refractivity contribution in [2.75, 3.05) is 0 Å². The maximum Gasteiger partial charge on any atom is 0.150 e. The van der Waals surface area contributed by atoms with Crippen molar-refractivity contribution in [2.45, 2.75) is 11.5 Å². The molecule has 1 atom stereocenters. The van der Waals surface area contributed by atoms with Gasteiger partial charge in [0.2, 0.25) is 0 Å². The second kappa shape index (κ2) is 2.21. The molecule has 2 rings (SSSR count). The molecule has 1 aromatic rings. The Balaban J connectivity index is 2.42. The van der Waals surface area contributed by atoms with E-state index in [1.165, 1.54) is 0 Å². The molecule has 0 radical (unpaired) electrons. The highest BCUT2D eigenvalue weighted by Crippen LogP contribution is 2.21. The Hall–Kier alpha value is -0.610. The Kier molecular flexibility index (Phi) is 1.35. The predicted octanol–water partition coefficient (Wildman–Crippen LogP) is 0.239. The van der Waals surface area contributed by atoms with E-state index in [1.54, 1.807) is 6.20 Å². The lowest BCUT2D eigenvalue weighted by Gasteiger charge is -1.96. The molecule has 0 N–H and O–H groups in total. The molecule has 0 amide bonds. The molecule has 1 aromatic heterocycles. The number of nitrogens with zero attached hydrogens (tertiary/aromatic N) is 2. The maximum absolute atomic E-state index is 10.9. The van der Waals surface area contributed by atoms with Crippen molar-refractivity contribution < 1.29 is 4.55 Å². The number of hydrogen-bond donors (Lipinski definition) is 0. The van der Waals surface area contributed by atoms with Crippen LogP contribution in [-0.2, 0) is 22.7 Å². The minimum atomic E-state index is -0.722. The lowest BCUT2D eigenvalue weighted by atomic mass is 10.3. The highest BCUT2D eigenvalue weighted by atomic mass is 32.2. The Labute approximate surface area is 61.7 Å². The van der Waals surface area contributed by atoms with Gasteiger partial charge in [0.05, 0.1) is 6.20 Å². The minimum Gasteiger partial charge on any atom is -0.616 e. The van der Waals surface area contributed by atoms with E-state index in [0.29, 0.717) is 11.5 Å². The van der Waals surface area contributed by atoms with Crippen LogP contribution in [0.3, 0.4) is 0 Å². The Morgan fingerprint density at radius 3 is 3.20 bits per heavy atom. The first-order valence-corrected chi connectivity index (χ1v) is 4.49. The summed E-state index contributed by atoms with van der Waals surface area (Å²) in [7, 11) is 0. The van der Waals surface area contributed by atoms with Gasteiger partial charge in [0.15, 0.2) is 0 Å². The van der Waals surface area contributed by atoms with Gasteiger partial charge in [0.25, 0.3) is 0 Å². The van der Waals surface area contributed by atoms with E-state index in [9.17, 15) is 4.55 Å². The molecular weight excluding hydrogens is 148 g/mol. The summed E-state index contributed by atoms with van der Waals surface area (Å²) < 4.78 is 10.9. The molecule has 0 aromatic carbocycles. The van der Waals surface area contributed by atoms with Gasteiger partial charge in [-0.2, -0.15) is 10.2 Å². The van der Waals surface area contributed by atoms with Gasteiger partial charge in [-0.3, -0.25) is 0 Å². The SMILES string of the molecule is [O-][S+]1Cc2ccnnc2C1. The predicted molar refractivity (Wildman–Crippen MR) is 37.6 cm³/mol. The molecule has 1 unspecified atom stereocenters. The van der Waals surface area contributed by atoms with Crippen molar-refractivity contribution >= 4 is 11.2 Å². The number of rotatable bonds is 0. The molecule has 4 heteroatoms. The third kappa shape index (κ3) is 0.892. The quantitative estimate of drug-likeness (QED) is 0.503. The van der Waals surface area contributed by atoms with Crippen molar-refractivity contribution in [3.63, 3.8) is 0 Å². The summed E-state index contributed by atoms with van der Waals surface area (Å²) in [5, 5.41) is 7.57. The zero-order chi connectivity index (χ0) is 6.97. The van der Waals surface area contributed by atoms with Crippen LogP contribution in [0, 0.1) is 0 Å². The van der Waals surface area contributed by atoms with Crippen LogP contribution in [0.5, 0.6) is 0 Å². The van der Waals surface area contributed by atoms with E-state index in [2.05, 4.69) is 10.2 Å². The number of fused-ring (bicyclic) bond motifs is 1. The van der Waals surface area contributed by atoms with Crippen LogP contribution < -0.4 is 0 Å². The third-order valence-electron chi connectivity index (χ3n) is 1.51. The molecule has 0 saturated heterocycles. The van der Waals surface area contributed by atoms with E-state index in [0.717, 1.165) is 11.3 Å². The van der Waals surface area contributed by atoms with Gasteiger partial charge in [-0.05, 0) is 17.2 Å². The van der Waals surface area contributed by atoms with Crippen LogP contribution in [0.4, 0.5) is 0 Å². The Bertz CT molecular complexity index is 228. The minimum absolute atomic E-state index is 0.586. The van der Waals surface area contributed by atoms with E-state index in [4.69, 9.17) is 0 Å². The zero-order valence-electron chi connectivity index (χ0n) is 5.28. The van der Waals surface area contributed by atoms with Crippen molar-refractivity contribution in [3.05, 3.63) is 23.5 Å². The van der Waals surface area contributed by atoms with Crippen LogP contribution in [0.25, 0.3) is 0 Å². The number of aromatic nitrogens is 2. The lowest BCUT2D eigenvalue weighted by Crippen LogP contribution is -1.96. The van der Waals surface area contributed by atoms with E-state index in [-0.39, 0.29) is 0 Å². The first kappa shape index (κ1) is 6.12. The van der Waals surface area contributed by atoms with Crippen molar-refractivity contribution in [2.24, 2.45) is 0 Å². The van der Waals surface area contributed by atoms with Gasteiger partial charge >= 0.3 is 0 Å². The maximum atomic E-state index is 10.9. The monoisotopic (exact) mass is 154 g/mol. The Morgan fingerprint density at radius 2 is 2.40 bits per heavy atom. The summed E-state index contributed by atoms with van der Waals surface area (Å²) in [5.41, 5.74) is 1.99. The van der Waals surface area contributed by atoms with Gasteiger partial charge in [-0.1, -0.05) is 0 Å². The molecule has 3 nitrogen and oxygen atoms in total. The van der Waals surface area contributed by atoms with Gasteiger partial charge in [0.1, 0.15) is 17.2 Å². The van der Waals surface area contributed by atoms with Crippen LogP contribution in [0.15, 0.2) is 12.3 Å². The highest BCUT2D eigenvalue weighted by molar-refractivity contribution is 7.90. The molecular formula is C6H6N2OS. The summed E-state index contributed by atoms with van der Waals surface area (Å²) in [6, 6.07) is 1.88. The first-order chi connectivity index (χ1) is 4.86. The van der Waals surface area contributed by atoms with E-state index < -0.39 is 11.2 Å². The number of hydrogen-bond acceptors (Lipinski definition) is 3.